The van der Waals surface area contributed by atoms with Gasteiger partial charge in [-0.25, -0.2) is 4.79 Å². The third kappa shape index (κ3) is 3.62. The minimum Gasteiger partial charge on any atom is -0.350 e. The van der Waals surface area contributed by atoms with Crippen molar-refractivity contribution in [2.24, 2.45) is 0 Å². The predicted molar refractivity (Wildman–Crippen MR) is 82.1 cm³/mol. The molecule has 21 heavy (non-hydrogen) atoms. The van der Waals surface area contributed by atoms with Gasteiger partial charge in [0.1, 0.15) is 0 Å². The molecule has 1 heterocycles. The van der Waals surface area contributed by atoms with Crippen molar-refractivity contribution in [3.63, 3.8) is 0 Å². The number of amides is 1. The molecule has 0 radical (unpaired) electrons. The second kappa shape index (κ2) is 6.43. The lowest BCUT2D eigenvalue weighted by Crippen LogP contribution is -2.29. The Morgan fingerprint density at radius 1 is 1.29 bits per heavy atom. The van der Waals surface area contributed by atoms with Crippen molar-refractivity contribution in [2.45, 2.75) is 39.8 Å². The first-order chi connectivity index (χ1) is 9.99. The molecular formula is C16H21N3O2. The van der Waals surface area contributed by atoms with Gasteiger partial charge in [-0.1, -0.05) is 30.3 Å². The van der Waals surface area contributed by atoms with E-state index in [0.717, 1.165) is 17.0 Å². The zero-order valence-electron chi connectivity index (χ0n) is 12.6. The topological polar surface area (TPSA) is 66.9 Å². The van der Waals surface area contributed by atoms with Gasteiger partial charge in [0.15, 0.2) is 0 Å². The summed E-state index contributed by atoms with van der Waals surface area (Å²) in [7, 11) is 0. The fourth-order valence-electron chi connectivity index (χ4n) is 2.29. The predicted octanol–water partition coefficient (Wildman–Crippen LogP) is 2.06. The Kier molecular flexibility index (Phi) is 4.62. The van der Waals surface area contributed by atoms with Crippen molar-refractivity contribution in [3.8, 4) is 0 Å². The van der Waals surface area contributed by atoms with Crippen LogP contribution in [-0.4, -0.2) is 15.5 Å². The van der Waals surface area contributed by atoms with Gasteiger partial charge in [-0.05, 0) is 26.3 Å². The van der Waals surface area contributed by atoms with Crippen LogP contribution in [0.1, 0.15) is 36.3 Å². The van der Waals surface area contributed by atoms with E-state index in [2.05, 4.69) is 10.3 Å². The average molecular weight is 287 g/mol. The fourth-order valence-corrected chi connectivity index (χ4v) is 2.29. The Morgan fingerprint density at radius 2 is 1.95 bits per heavy atom. The first kappa shape index (κ1) is 15.1. The molecule has 0 spiro atoms. The van der Waals surface area contributed by atoms with Gasteiger partial charge >= 0.3 is 5.69 Å². The van der Waals surface area contributed by atoms with Gasteiger partial charge in [0.05, 0.1) is 6.04 Å². The lowest BCUT2D eigenvalue weighted by atomic mass is 10.1. The summed E-state index contributed by atoms with van der Waals surface area (Å²) in [6.07, 6.45) is 0.287. The number of nitrogens with one attached hydrogen (secondary N) is 2. The summed E-state index contributed by atoms with van der Waals surface area (Å²) in [4.78, 5) is 26.4. The number of nitrogens with zero attached hydrogens (tertiary/aromatic N) is 1. The van der Waals surface area contributed by atoms with E-state index in [0.29, 0.717) is 6.54 Å². The Labute approximate surface area is 124 Å². The molecule has 1 unspecified atom stereocenters. The SMILES string of the molecule is Cc1[nH]c(=O)n(CCC(=O)NC(C)c2ccccc2)c1C. The van der Waals surface area contributed by atoms with E-state index in [1.165, 1.54) is 0 Å². The Hall–Kier alpha value is -2.30. The molecule has 0 fully saturated rings. The van der Waals surface area contributed by atoms with E-state index in [-0.39, 0.29) is 24.1 Å². The van der Waals surface area contributed by atoms with Crippen LogP contribution in [0.15, 0.2) is 35.1 Å². The molecule has 5 heteroatoms. The van der Waals surface area contributed by atoms with Crippen LogP contribution in [0.5, 0.6) is 0 Å². The molecule has 1 aromatic carbocycles. The zero-order valence-corrected chi connectivity index (χ0v) is 12.6. The van der Waals surface area contributed by atoms with E-state index in [1.807, 2.05) is 51.1 Å². The number of H-pyrrole nitrogens is 1. The zero-order chi connectivity index (χ0) is 15.4. The van der Waals surface area contributed by atoms with Gasteiger partial charge in [0.2, 0.25) is 5.91 Å². The van der Waals surface area contributed by atoms with Crippen LogP contribution in [0.3, 0.4) is 0 Å². The third-order valence-corrected chi connectivity index (χ3v) is 3.73. The number of carbonyl (C=O) groups is 1. The van der Waals surface area contributed by atoms with Gasteiger partial charge in [-0.15, -0.1) is 0 Å². The number of hydrogen-bond donors (Lipinski definition) is 2. The second-order valence-corrected chi connectivity index (χ2v) is 5.24. The highest BCUT2D eigenvalue weighted by atomic mass is 16.2. The van der Waals surface area contributed by atoms with Crippen LogP contribution >= 0.6 is 0 Å². The number of hydrogen-bond acceptors (Lipinski definition) is 2. The first-order valence-corrected chi connectivity index (χ1v) is 7.09. The molecule has 2 aromatic rings. The summed E-state index contributed by atoms with van der Waals surface area (Å²) in [6.45, 7) is 6.07. The molecule has 0 bridgehead atoms. The molecule has 2 rings (SSSR count). The molecule has 1 amide bonds. The van der Waals surface area contributed by atoms with Crippen molar-refractivity contribution in [1.29, 1.82) is 0 Å². The van der Waals surface area contributed by atoms with Crippen LogP contribution in [0.25, 0.3) is 0 Å². The summed E-state index contributed by atoms with van der Waals surface area (Å²) in [5.74, 6) is -0.0588. The molecule has 112 valence electrons. The minimum absolute atomic E-state index is 0.0375. The van der Waals surface area contributed by atoms with Crippen molar-refractivity contribution in [2.75, 3.05) is 0 Å². The Morgan fingerprint density at radius 3 is 2.52 bits per heavy atom. The van der Waals surface area contributed by atoms with Gasteiger partial charge in [0.25, 0.3) is 0 Å². The van der Waals surface area contributed by atoms with E-state index in [9.17, 15) is 9.59 Å². The Bertz CT molecular complexity index is 671. The fraction of sp³-hybridized carbons (Fsp3) is 0.375. The molecular weight excluding hydrogens is 266 g/mol. The normalized spacial score (nSPS) is 12.1. The molecule has 1 atom stereocenters. The highest BCUT2D eigenvalue weighted by molar-refractivity contribution is 5.76. The van der Waals surface area contributed by atoms with Gasteiger partial charge < -0.3 is 10.3 Å². The standard InChI is InChI=1S/C16H21N3O2/c1-11-13(3)19(16(21)18-11)10-9-15(20)17-12(2)14-7-5-4-6-8-14/h4-8,12H,9-10H2,1-3H3,(H,17,20)(H,18,21). The van der Waals surface area contributed by atoms with Crippen LogP contribution in [-0.2, 0) is 11.3 Å². The molecule has 1 aromatic heterocycles. The number of imidazole rings is 1. The third-order valence-electron chi connectivity index (χ3n) is 3.73. The van der Waals surface area contributed by atoms with Crippen LogP contribution in [0, 0.1) is 13.8 Å². The monoisotopic (exact) mass is 287 g/mol. The van der Waals surface area contributed by atoms with Crippen molar-refractivity contribution in [1.82, 2.24) is 14.9 Å². The summed E-state index contributed by atoms with van der Waals surface area (Å²) in [5.41, 5.74) is 2.63. The lowest BCUT2D eigenvalue weighted by molar-refractivity contribution is -0.121. The van der Waals surface area contributed by atoms with Gasteiger partial charge in [-0.2, -0.15) is 0 Å². The molecule has 0 saturated heterocycles. The molecule has 2 N–H and O–H groups in total. The largest absolute Gasteiger partial charge is 0.350 e. The summed E-state index contributed by atoms with van der Waals surface area (Å²) in [6, 6.07) is 9.77. The number of rotatable bonds is 5. The van der Waals surface area contributed by atoms with Crippen LogP contribution in [0.2, 0.25) is 0 Å². The number of aryl methyl sites for hydroxylation is 1. The van der Waals surface area contributed by atoms with Crippen molar-refractivity contribution in [3.05, 3.63) is 57.8 Å². The lowest BCUT2D eigenvalue weighted by Gasteiger charge is -2.14. The second-order valence-electron chi connectivity index (χ2n) is 5.24. The van der Waals surface area contributed by atoms with E-state index in [4.69, 9.17) is 0 Å². The maximum Gasteiger partial charge on any atom is 0.325 e. The molecule has 0 saturated carbocycles. The molecule has 0 aliphatic rings. The van der Waals surface area contributed by atoms with E-state index < -0.39 is 0 Å². The summed E-state index contributed by atoms with van der Waals surface area (Å²) in [5, 5.41) is 2.95. The number of aromatic nitrogens is 2. The molecule has 5 nitrogen and oxygen atoms in total. The maximum absolute atomic E-state index is 12.0. The van der Waals surface area contributed by atoms with Crippen LogP contribution < -0.4 is 11.0 Å². The van der Waals surface area contributed by atoms with Gasteiger partial charge in [-0.3, -0.25) is 9.36 Å². The number of benzene rings is 1. The highest BCUT2D eigenvalue weighted by Gasteiger charge is 2.11. The highest BCUT2D eigenvalue weighted by Crippen LogP contribution is 2.11. The van der Waals surface area contributed by atoms with Gasteiger partial charge in [0, 0.05) is 24.4 Å². The number of carbonyl (C=O) groups excluding carboxylic acids is 1. The summed E-state index contributed by atoms with van der Waals surface area (Å²) >= 11 is 0. The first-order valence-electron chi connectivity index (χ1n) is 7.09. The molecule has 0 aliphatic carbocycles. The Balaban J connectivity index is 1.92. The van der Waals surface area contributed by atoms with E-state index in [1.54, 1.807) is 4.57 Å². The average Bonchev–Trinajstić information content (AvgIpc) is 2.71. The van der Waals surface area contributed by atoms with Crippen molar-refractivity contribution >= 4 is 5.91 Å². The summed E-state index contributed by atoms with van der Waals surface area (Å²) < 4.78 is 1.60. The number of aromatic amines is 1. The van der Waals surface area contributed by atoms with E-state index >= 15 is 0 Å². The maximum atomic E-state index is 12.0. The smallest absolute Gasteiger partial charge is 0.325 e. The van der Waals surface area contributed by atoms with Crippen molar-refractivity contribution < 1.29 is 4.79 Å². The minimum atomic E-state index is -0.158. The quantitative estimate of drug-likeness (QED) is 0.884. The molecule has 0 aliphatic heterocycles. The van der Waals surface area contributed by atoms with Crippen LogP contribution in [0.4, 0.5) is 0 Å².